The van der Waals surface area contributed by atoms with Crippen molar-refractivity contribution >= 4 is 12.4 Å². The Balaban J connectivity index is 0.00000200. The molecule has 1 aliphatic heterocycles. The van der Waals surface area contributed by atoms with E-state index in [0.29, 0.717) is 6.04 Å². The molecule has 1 aliphatic rings. The van der Waals surface area contributed by atoms with Crippen LogP contribution in [0.1, 0.15) is 18.1 Å². The molecule has 1 aromatic carbocycles. The summed E-state index contributed by atoms with van der Waals surface area (Å²) in [6, 6.07) is 4.73. The van der Waals surface area contributed by atoms with Gasteiger partial charge in [0.05, 0.1) is 14.2 Å². The van der Waals surface area contributed by atoms with Crippen molar-refractivity contribution in [2.75, 3.05) is 33.9 Å². The number of methoxy groups -OCH3 is 2. The molecule has 0 unspecified atom stereocenters. The van der Waals surface area contributed by atoms with Gasteiger partial charge in [0.1, 0.15) is 0 Å². The highest BCUT2D eigenvalue weighted by atomic mass is 35.5. The molecule has 0 aliphatic carbocycles. The molecule has 0 radical (unpaired) electrons. The number of hydrogen-bond acceptors (Lipinski definition) is 4. The number of nitrogens with one attached hydrogen (secondary N) is 1. The van der Waals surface area contributed by atoms with Crippen LogP contribution in [0.4, 0.5) is 0 Å². The zero-order chi connectivity index (χ0) is 13.8. The van der Waals surface area contributed by atoms with E-state index in [0.717, 1.165) is 37.7 Å². The van der Waals surface area contributed by atoms with Crippen LogP contribution in [0.25, 0.3) is 0 Å². The van der Waals surface area contributed by atoms with E-state index in [9.17, 15) is 0 Å². The summed E-state index contributed by atoms with van der Waals surface area (Å²) in [6.07, 6.45) is 0. The molecule has 0 spiro atoms. The van der Waals surface area contributed by atoms with Crippen LogP contribution in [-0.2, 0) is 6.54 Å². The zero-order valence-corrected chi connectivity index (χ0v) is 13.5. The van der Waals surface area contributed by atoms with Crippen molar-refractivity contribution in [1.82, 2.24) is 10.2 Å². The third-order valence-corrected chi connectivity index (χ3v) is 3.85. The van der Waals surface area contributed by atoms with E-state index in [-0.39, 0.29) is 12.4 Å². The lowest BCUT2D eigenvalue weighted by Crippen LogP contribution is -2.49. The molecule has 0 amide bonds. The molecule has 4 nitrogen and oxygen atoms in total. The van der Waals surface area contributed by atoms with Crippen LogP contribution in [-0.4, -0.2) is 44.8 Å². The molecule has 1 atom stereocenters. The molecule has 0 aromatic heterocycles. The Labute approximate surface area is 127 Å². The third kappa shape index (κ3) is 3.78. The van der Waals surface area contributed by atoms with Gasteiger partial charge in [0.15, 0.2) is 11.5 Å². The predicted molar refractivity (Wildman–Crippen MR) is 84.3 cm³/mol. The van der Waals surface area contributed by atoms with Gasteiger partial charge in [0.25, 0.3) is 0 Å². The van der Waals surface area contributed by atoms with Crippen molar-refractivity contribution in [3.8, 4) is 11.5 Å². The third-order valence-electron chi connectivity index (χ3n) is 3.85. The normalized spacial score (nSPS) is 19.3. The Kier molecular flexibility index (Phi) is 6.59. The van der Waals surface area contributed by atoms with E-state index in [1.807, 2.05) is 0 Å². The fourth-order valence-electron chi connectivity index (χ4n) is 2.53. The summed E-state index contributed by atoms with van der Waals surface area (Å²) in [4.78, 5) is 2.50. The second-order valence-electron chi connectivity index (χ2n) is 5.16. The highest BCUT2D eigenvalue weighted by Crippen LogP contribution is 2.31. The van der Waals surface area contributed by atoms with Gasteiger partial charge in [0, 0.05) is 32.2 Å². The highest BCUT2D eigenvalue weighted by molar-refractivity contribution is 5.85. The summed E-state index contributed by atoms with van der Waals surface area (Å²) in [5.41, 5.74) is 2.56. The van der Waals surface area contributed by atoms with Crippen molar-refractivity contribution in [3.63, 3.8) is 0 Å². The Morgan fingerprint density at radius 3 is 2.50 bits per heavy atom. The largest absolute Gasteiger partial charge is 0.493 e. The van der Waals surface area contributed by atoms with Gasteiger partial charge in [-0.15, -0.1) is 12.4 Å². The number of ether oxygens (including phenoxy) is 2. The lowest BCUT2D eigenvalue weighted by molar-refractivity contribution is 0.165. The summed E-state index contributed by atoms with van der Waals surface area (Å²) in [5, 5.41) is 3.42. The van der Waals surface area contributed by atoms with Gasteiger partial charge >= 0.3 is 0 Å². The lowest BCUT2D eigenvalue weighted by atomic mass is 10.1. The van der Waals surface area contributed by atoms with Crippen LogP contribution in [0, 0.1) is 6.92 Å². The maximum absolute atomic E-state index is 5.39. The first-order chi connectivity index (χ1) is 9.15. The first-order valence-corrected chi connectivity index (χ1v) is 6.82. The average molecular weight is 301 g/mol. The van der Waals surface area contributed by atoms with Gasteiger partial charge in [-0.3, -0.25) is 4.90 Å². The van der Waals surface area contributed by atoms with E-state index >= 15 is 0 Å². The molecule has 0 saturated carbocycles. The number of benzene rings is 1. The van der Waals surface area contributed by atoms with Gasteiger partial charge in [-0.25, -0.2) is 0 Å². The minimum Gasteiger partial charge on any atom is -0.493 e. The van der Waals surface area contributed by atoms with Crippen molar-refractivity contribution in [2.24, 2.45) is 0 Å². The molecule has 1 fully saturated rings. The standard InChI is InChI=1S/C15H24N2O2.ClH/c1-11-7-14(18-3)15(19-4)8-13(11)10-17-6-5-16-9-12(17)2;/h7-8,12,16H,5-6,9-10H2,1-4H3;1H/t12-;/m0./s1. The van der Waals surface area contributed by atoms with Crippen LogP contribution in [0.15, 0.2) is 12.1 Å². The molecule has 2 rings (SSSR count). The van der Waals surface area contributed by atoms with Crippen molar-refractivity contribution in [1.29, 1.82) is 0 Å². The summed E-state index contributed by atoms with van der Waals surface area (Å²) in [7, 11) is 3.36. The summed E-state index contributed by atoms with van der Waals surface area (Å²) in [6.45, 7) is 8.58. The number of rotatable bonds is 4. The van der Waals surface area contributed by atoms with Crippen LogP contribution >= 0.6 is 12.4 Å². The number of aryl methyl sites for hydroxylation is 1. The topological polar surface area (TPSA) is 33.7 Å². The minimum absolute atomic E-state index is 0. The second-order valence-corrected chi connectivity index (χ2v) is 5.16. The van der Waals surface area contributed by atoms with Gasteiger partial charge < -0.3 is 14.8 Å². The summed E-state index contributed by atoms with van der Waals surface area (Å²) < 4.78 is 10.7. The first-order valence-electron chi connectivity index (χ1n) is 6.82. The minimum atomic E-state index is 0. The van der Waals surface area contributed by atoms with E-state index < -0.39 is 0 Å². The zero-order valence-electron chi connectivity index (χ0n) is 12.7. The Morgan fingerprint density at radius 2 is 1.90 bits per heavy atom. The number of nitrogens with zero attached hydrogens (tertiary/aromatic N) is 1. The van der Waals surface area contributed by atoms with Gasteiger partial charge in [0.2, 0.25) is 0 Å². The Hall–Kier alpha value is -0.970. The molecule has 20 heavy (non-hydrogen) atoms. The molecule has 1 aromatic rings. The Bertz CT molecular complexity index is 440. The Morgan fingerprint density at radius 1 is 1.25 bits per heavy atom. The monoisotopic (exact) mass is 300 g/mol. The van der Waals surface area contributed by atoms with E-state index in [1.54, 1.807) is 14.2 Å². The molecule has 0 bridgehead atoms. The number of halogens is 1. The number of hydrogen-bond donors (Lipinski definition) is 1. The predicted octanol–water partition coefficient (Wildman–Crippen LogP) is 2.23. The maximum atomic E-state index is 5.39. The van der Waals surface area contributed by atoms with Gasteiger partial charge in [-0.05, 0) is 37.1 Å². The highest BCUT2D eigenvalue weighted by Gasteiger charge is 2.19. The second kappa shape index (κ2) is 7.72. The van der Waals surface area contributed by atoms with Crippen molar-refractivity contribution in [2.45, 2.75) is 26.4 Å². The van der Waals surface area contributed by atoms with Crippen LogP contribution in [0.2, 0.25) is 0 Å². The summed E-state index contributed by atoms with van der Waals surface area (Å²) in [5.74, 6) is 1.61. The van der Waals surface area contributed by atoms with E-state index in [2.05, 4.69) is 36.2 Å². The smallest absolute Gasteiger partial charge is 0.161 e. The van der Waals surface area contributed by atoms with Crippen molar-refractivity contribution < 1.29 is 9.47 Å². The molecular formula is C15H25ClN2O2. The van der Waals surface area contributed by atoms with Crippen LogP contribution < -0.4 is 14.8 Å². The average Bonchev–Trinajstić information content (AvgIpc) is 2.42. The fraction of sp³-hybridized carbons (Fsp3) is 0.600. The molecular weight excluding hydrogens is 276 g/mol. The van der Waals surface area contributed by atoms with Crippen molar-refractivity contribution in [3.05, 3.63) is 23.3 Å². The fourth-order valence-corrected chi connectivity index (χ4v) is 2.53. The lowest BCUT2D eigenvalue weighted by Gasteiger charge is -2.34. The molecule has 1 saturated heterocycles. The molecule has 1 N–H and O–H groups in total. The van der Waals surface area contributed by atoms with Crippen LogP contribution in [0.3, 0.4) is 0 Å². The van der Waals surface area contributed by atoms with Crippen LogP contribution in [0.5, 0.6) is 11.5 Å². The maximum Gasteiger partial charge on any atom is 0.161 e. The first kappa shape index (κ1) is 17.1. The SMILES string of the molecule is COc1cc(C)c(CN2CCNC[C@@H]2C)cc1OC.Cl. The molecule has 5 heteroatoms. The summed E-state index contributed by atoms with van der Waals surface area (Å²) >= 11 is 0. The quantitative estimate of drug-likeness (QED) is 0.924. The molecule has 114 valence electrons. The molecule has 1 heterocycles. The van der Waals surface area contributed by atoms with Gasteiger partial charge in [-0.2, -0.15) is 0 Å². The number of piperazine rings is 1. The van der Waals surface area contributed by atoms with Gasteiger partial charge in [-0.1, -0.05) is 0 Å². The van der Waals surface area contributed by atoms with E-state index in [4.69, 9.17) is 9.47 Å². The van der Waals surface area contributed by atoms with E-state index in [1.165, 1.54) is 11.1 Å².